The third kappa shape index (κ3) is 8.00. The molecule has 0 bridgehead atoms. The second-order valence-electron chi connectivity index (χ2n) is 11.1. The van der Waals surface area contributed by atoms with Crippen molar-refractivity contribution in [1.29, 1.82) is 5.26 Å². The third-order valence-corrected chi connectivity index (χ3v) is 7.09. The van der Waals surface area contributed by atoms with Gasteiger partial charge in [-0.25, -0.2) is 18.6 Å². The molecule has 0 aliphatic heterocycles. The largest absolute Gasteiger partial charge is 0.450 e. The van der Waals surface area contributed by atoms with Crippen molar-refractivity contribution >= 4 is 30.9 Å². The van der Waals surface area contributed by atoms with Gasteiger partial charge in [-0.15, -0.1) is 0 Å². The lowest BCUT2D eigenvalue weighted by Gasteiger charge is -2.20. The molecule has 0 spiro atoms. The maximum atomic E-state index is 15.0. The first-order valence-corrected chi connectivity index (χ1v) is 16.1. The van der Waals surface area contributed by atoms with Crippen LogP contribution < -0.4 is 10.1 Å². The first-order chi connectivity index (χ1) is 17.8. The van der Waals surface area contributed by atoms with Crippen molar-refractivity contribution in [2.75, 3.05) is 11.9 Å². The number of anilines is 1. The van der Waals surface area contributed by atoms with Crippen LogP contribution in [0.2, 0.25) is 25.7 Å². The number of pyridine rings is 1. The van der Waals surface area contributed by atoms with Crippen LogP contribution in [0.15, 0.2) is 30.6 Å². The van der Waals surface area contributed by atoms with E-state index in [0.29, 0.717) is 24.1 Å². The molecule has 0 radical (unpaired) electrons. The van der Waals surface area contributed by atoms with E-state index in [9.17, 15) is 13.6 Å². The van der Waals surface area contributed by atoms with Gasteiger partial charge in [0.15, 0.2) is 17.4 Å². The van der Waals surface area contributed by atoms with Crippen LogP contribution in [0.25, 0.3) is 11.0 Å². The van der Waals surface area contributed by atoms with E-state index in [1.807, 2.05) is 6.20 Å². The number of benzene rings is 1. The predicted octanol–water partition coefficient (Wildman–Crippen LogP) is 7.22. The number of ether oxygens (including phenoxy) is 3. The minimum atomic E-state index is -1.26. The minimum Gasteiger partial charge on any atom is -0.450 e. The summed E-state index contributed by atoms with van der Waals surface area (Å²) in [6, 6.07) is 6.55. The maximum Gasteiger partial charge on any atom is 0.412 e. The van der Waals surface area contributed by atoms with Gasteiger partial charge in [0, 0.05) is 45.6 Å². The second-order valence-corrected chi connectivity index (χ2v) is 16.8. The Hall–Kier alpha value is -3.49. The quantitative estimate of drug-likeness (QED) is 0.214. The Labute approximate surface area is 222 Å². The fourth-order valence-electron chi connectivity index (χ4n) is 3.63. The fraction of sp³-hybridized carbons (Fsp3) is 0.444. The highest BCUT2D eigenvalue weighted by Crippen LogP contribution is 2.36. The molecule has 3 rings (SSSR count). The molecule has 0 atom stereocenters. The van der Waals surface area contributed by atoms with Crippen LogP contribution in [0.5, 0.6) is 11.5 Å². The third-order valence-electron chi connectivity index (χ3n) is 5.39. The lowest BCUT2D eigenvalue weighted by atomic mass is 10.1. The Balaban J connectivity index is 1.89. The molecule has 1 amide bonds. The SMILES string of the molecule is CC(C)(C)OC(=O)Nc1cc(F)c(Oc2ccnc3c2c(CCC#N)cn3COCC[Si](C)(C)C)c(F)c1. The molecule has 38 heavy (non-hydrogen) atoms. The van der Waals surface area contributed by atoms with Crippen LogP contribution in [0.4, 0.5) is 19.3 Å². The molecule has 11 heteroatoms. The van der Waals surface area contributed by atoms with Gasteiger partial charge in [0.2, 0.25) is 0 Å². The van der Waals surface area contributed by atoms with E-state index < -0.39 is 37.2 Å². The van der Waals surface area contributed by atoms with Gasteiger partial charge < -0.3 is 18.8 Å². The van der Waals surface area contributed by atoms with E-state index in [1.165, 1.54) is 12.3 Å². The first kappa shape index (κ1) is 29.1. The molecule has 0 unspecified atom stereocenters. The van der Waals surface area contributed by atoms with Crippen LogP contribution in [0.1, 0.15) is 32.8 Å². The van der Waals surface area contributed by atoms with Crippen LogP contribution >= 0.6 is 0 Å². The summed E-state index contributed by atoms with van der Waals surface area (Å²) in [6.07, 6.45) is 3.13. The molecule has 2 heterocycles. The van der Waals surface area contributed by atoms with E-state index in [2.05, 4.69) is 36.0 Å². The van der Waals surface area contributed by atoms with Crippen molar-refractivity contribution in [3.8, 4) is 17.6 Å². The lowest BCUT2D eigenvalue weighted by Crippen LogP contribution is -2.27. The normalized spacial score (nSPS) is 11.9. The van der Waals surface area contributed by atoms with Crippen molar-refractivity contribution < 1.29 is 27.8 Å². The maximum absolute atomic E-state index is 15.0. The lowest BCUT2D eigenvalue weighted by molar-refractivity contribution is 0.0636. The molecular weight excluding hydrogens is 510 g/mol. The zero-order valence-electron chi connectivity index (χ0n) is 22.7. The highest BCUT2D eigenvalue weighted by atomic mass is 28.3. The van der Waals surface area contributed by atoms with Crippen LogP contribution in [-0.2, 0) is 22.6 Å². The topological polar surface area (TPSA) is 98.4 Å². The summed E-state index contributed by atoms with van der Waals surface area (Å²) < 4.78 is 48.5. The molecule has 0 fully saturated rings. The van der Waals surface area contributed by atoms with Gasteiger partial charge in [-0.05, 0) is 44.9 Å². The summed E-state index contributed by atoms with van der Waals surface area (Å²) in [6.45, 7) is 12.7. The minimum absolute atomic E-state index is 0.113. The highest BCUT2D eigenvalue weighted by molar-refractivity contribution is 6.76. The van der Waals surface area contributed by atoms with E-state index in [0.717, 1.165) is 23.7 Å². The van der Waals surface area contributed by atoms with Crippen LogP contribution in [0.3, 0.4) is 0 Å². The van der Waals surface area contributed by atoms with Gasteiger partial charge >= 0.3 is 6.09 Å². The number of aromatic nitrogens is 2. The molecule has 0 aliphatic rings. The Bertz CT molecular complexity index is 1320. The second kappa shape index (κ2) is 11.9. The van der Waals surface area contributed by atoms with Crippen molar-refractivity contribution in [3.05, 3.63) is 47.8 Å². The van der Waals surface area contributed by atoms with Crippen LogP contribution in [0, 0.1) is 23.0 Å². The number of halogens is 2. The number of hydrogen-bond acceptors (Lipinski definition) is 6. The van der Waals surface area contributed by atoms with E-state index >= 15 is 0 Å². The number of fused-ring (bicyclic) bond motifs is 1. The van der Waals surface area contributed by atoms with E-state index in [1.54, 1.807) is 25.3 Å². The smallest absolute Gasteiger partial charge is 0.412 e. The highest BCUT2D eigenvalue weighted by Gasteiger charge is 2.21. The number of nitriles is 1. The zero-order chi connectivity index (χ0) is 28.1. The number of aryl methyl sites for hydroxylation is 1. The van der Waals surface area contributed by atoms with Crippen molar-refractivity contribution in [2.24, 2.45) is 0 Å². The number of carbonyl (C=O) groups is 1. The molecule has 1 N–H and O–H groups in total. The van der Waals surface area contributed by atoms with Gasteiger partial charge in [0.1, 0.15) is 23.7 Å². The Morgan fingerprint density at radius 3 is 2.50 bits per heavy atom. The average Bonchev–Trinajstić information content (AvgIpc) is 3.14. The first-order valence-electron chi connectivity index (χ1n) is 12.4. The molecule has 2 aromatic heterocycles. The monoisotopic (exact) mass is 544 g/mol. The predicted molar refractivity (Wildman–Crippen MR) is 144 cm³/mol. The molecule has 8 nitrogen and oxygen atoms in total. The van der Waals surface area contributed by atoms with Gasteiger partial charge in [-0.1, -0.05) is 19.6 Å². The molecular formula is C27H34F2N4O4Si. The number of hydrogen-bond donors (Lipinski definition) is 1. The fourth-order valence-corrected chi connectivity index (χ4v) is 4.39. The average molecular weight is 545 g/mol. The summed E-state index contributed by atoms with van der Waals surface area (Å²) in [7, 11) is -1.26. The number of nitrogens with zero attached hydrogens (tertiary/aromatic N) is 3. The Morgan fingerprint density at radius 2 is 1.89 bits per heavy atom. The van der Waals surface area contributed by atoms with Crippen molar-refractivity contribution in [1.82, 2.24) is 9.55 Å². The summed E-state index contributed by atoms with van der Waals surface area (Å²) in [4.78, 5) is 16.4. The number of carbonyl (C=O) groups excluding carboxylic acids is 1. The number of rotatable bonds is 10. The van der Waals surface area contributed by atoms with Gasteiger partial charge in [0.25, 0.3) is 0 Å². The van der Waals surface area contributed by atoms with E-state index in [4.69, 9.17) is 19.5 Å². The Kier molecular flexibility index (Phi) is 9.12. The summed E-state index contributed by atoms with van der Waals surface area (Å²) in [5.74, 6) is -2.45. The molecule has 204 valence electrons. The molecule has 0 saturated carbocycles. The van der Waals surface area contributed by atoms with Gasteiger partial charge in [-0.2, -0.15) is 5.26 Å². The van der Waals surface area contributed by atoms with Crippen LogP contribution in [-0.4, -0.2) is 35.9 Å². The Morgan fingerprint density at radius 1 is 1.21 bits per heavy atom. The number of amides is 1. The summed E-state index contributed by atoms with van der Waals surface area (Å²) >= 11 is 0. The van der Waals surface area contributed by atoms with E-state index in [-0.39, 0.29) is 24.6 Å². The standard InChI is InChI=1S/C27H34F2N4O4Si/c1-27(2,3)37-26(34)32-19-14-20(28)24(21(29)15-19)36-22-9-11-31-25-23(22)18(8-7-10-30)16-33(25)17-35-12-13-38(4,5)6/h9,11,14-16H,7-8,12-13,17H2,1-6H3,(H,32,34). The van der Waals surface area contributed by atoms with Crippen molar-refractivity contribution in [2.45, 2.75) is 71.6 Å². The molecule has 0 saturated heterocycles. The number of nitrogens with one attached hydrogen (secondary N) is 1. The summed E-state index contributed by atoms with van der Waals surface area (Å²) in [5.41, 5.74) is 0.392. The van der Waals surface area contributed by atoms with Crippen molar-refractivity contribution in [3.63, 3.8) is 0 Å². The molecule has 0 aliphatic carbocycles. The molecule has 1 aromatic carbocycles. The zero-order valence-corrected chi connectivity index (χ0v) is 23.7. The van der Waals surface area contributed by atoms with Gasteiger partial charge in [0.05, 0.1) is 17.1 Å². The summed E-state index contributed by atoms with van der Waals surface area (Å²) in [5, 5.41) is 12.0. The van der Waals surface area contributed by atoms with Gasteiger partial charge in [-0.3, -0.25) is 5.32 Å². The molecule has 3 aromatic rings.